The summed E-state index contributed by atoms with van der Waals surface area (Å²) < 4.78 is 40.3. The third-order valence-corrected chi connectivity index (χ3v) is 2.49. The molecule has 0 aliphatic carbocycles. The number of hydrogen-bond acceptors (Lipinski definition) is 4. The van der Waals surface area contributed by atoms with E-state index in [0.29, 0.717) is 17.9 Å². The Morgan fingerprint density at radius 1 is 1.25 bits per heavy atom. The predicted molar refractivity (Wildman–Crippen MR) is 67.3 cm³/mol. The van der Waals surface area contributed by atoms with Crippen LogP contribution in [0.1, 0.15) is 5.56 Å². The topological polar surface area (TPSA) is 38.2 Å². The van der Waals surface area contributed by atoms with Crippen molar-refractivity contribution in [1.82, 2.24) is 9.97 Å². The number of alkyl halides is 3. The van der Waals surface area contributed by atoms with Gasteiger partial charge in [0.2, 0.25) is 0 Å². The summed E-state index contributed by atoms with van der Waals surface area (Å²) >= 11 is 0. The standard InChI is InChI=1S/C13H12F3N3O/c1-19(12-8-17-5-6-18-12)9-10-3-2-4-11(7-10)20-13(14,15)16/h2-8H,9H2,1H3. The molecule has 0 bridgehead atoms. The number of aromatic nitrogens is 2. The van der Waals surface area contributed by atoms with Crippen molar-refractivity contribution in [2.45, 2.75) is 12.9 Å². The van der Waals surface area contributed by atoms with E-state index in [1.165, 1.54) is 18.2 Å². The molecule has 0 radical (unpaired) electrons. The Morgan fingerprint density at radius 3 is 2.70 bits per heavy atom. The summed E-state index contributed by atoms with van der Waals surface area (Å²) in [5, 5.41) is 0. The second-order valence-corrected chi connectivity index (χ2v) is 4.11. The fraction of sp³-hybridized carbons (Fsp3) is 0.231. The molecule has 0 N–H and O–H groups in total. The molecule has 0 amide bonds. The number of anilines is 1. The molecule has 20 heavy (non-hydrogen) atoms. The maximum atomic E-state index is 12.1. The van der Waals surface area contributed by atoms with E-state index in [1.807, 2.05) is 0 Å². The highest BCUT2D eigenvalue weighted by Crippen LogP contribution is 2.24. The Labute approximate surface area is 113 Å². The zero-order valence-electron chi connectivity index (χ0n) is 10.6. The molecule has 0 unspecified atom stereocenters. The van der Waals surface area contributed by atoms with Crippen LogP contribution in [0, 0.1) is 0 Å². The van der Waals surface area contributed by atoms with Crippen LogP contribution in [0.3, 0.4) is 0 Å². The van der Waals surface area contributed by atoms with Crippen molar-refractivity contribution in [3.8, 4) is 5.75 Å². The lowest BCUT2D eigenvalue weighted by atomic mass is 10.2. The third kappa shape index (κ3) is 4.11. The van der Waals surface area contributed by atoms with Gasteiger partial charge in [0.15, 0.2) is 0 Å². The smallest absolute Gasteiger partial charge is 0.406 e. The fourth-order valence-corrected chi connectivity index (χ4v) is 1.68. The van der Waals surface area contributed by atoms with Crippen LogP contribution < -0.4 is 9.64 Å². The third-order valence-electron chi connectivity index (χ3n) is 2.49. The van der Waals surface area contributed by atoms with Gasteiger partial charge in [-0.2, -0.15) is 0 Å². The average Bonchev–Trinajstić information content (AvgIpc) is 2.38. The zero-order chi connectivity index (χ0) is 14.6. The Bertz CT molecular complexity index is 560. The van der Waals surface area contributed by atoms with Crippen molar-refractivity contribution >= 4 is 5.82 Å². The maximum absolute atomic E-state index is 12.1. The molecule has 2 rings (SSSR count). The molecular formula is C13H12F3N3O. The molecule has 0 saturated carbocycles. The summed E-state index contributed by atoms with van der Waals surface area (Å²) in [6.45, 7) is 0.397. The molecule has 4 nitrogen and oxygen atoms in total. The van der Waals surface area contributed by atoms with Gasteiger partial charge in [-0.3, -0.25) is 4.98 Å². The van der Waals surface area contributed by atoms with Gasteiger partial charge in [-0.1, -0.05) is 12.1 Å². The molecule has 0 aliphatic heterocycles. The minimum Gasteiger partial charge on any atom is -0.406 e. The van der Waals surface area contributed by atoms with Crippen LogP contribution in [0.15, 0.2) is 42.9 Å². The van der Waals surface area contributed by atoms with Gasteiger partial charge in [0.25, 0.3) is 0 Å². The number of ether oxygens (including phenoxy) is 1. The summed E-state index contributed by atoms with van der Waals surface area (Å²) in [6, 6.07) is 5.84. The summed E-state index contributed by atoms with van der Waals surface area (Å²) in [6.07, 6.45) is -0.00432. The molecule has 0 aliphatic rings. The predicted octanol–water partition coefficient (Wildman–Crippen LogP) is 3.01. The highest BCUT2D eigenvalue weighted by atomic mass is 19.4. The van der Waals surface area contributed by atoms with Crippen molar-refractivity contribution in [1.29, 1.82) is 0 Å². The number of benzene rings is 1. The average molecular weight is 283 g/mol. The Kier molecular flexibility index (Phi) is 4.07. The minimum absolute atomic E-state index is 0.234. The van der Waals surface area contributed by atoms with Crippen LogP contribution in [0.25, 0.3) is 0 Å². The van der Waals surface area contributed by atoms with E-state index in [1.54, 1.807) is 36.6 Å². The Hall–Kier alpha value is -2.31. The maximum Gasteiger partial charge on any atom is 0.573 e. The molecule has 0 atom stereocenters. The lowest BCUT2D eigenvalue weighted by Crippen LogP contribution is -2.19. The van der Waals surface area contributed by atoms with Gasteiger partial charge in [0.1, 0.15) is 11.6 Å². The first-order valence-electron chi connectivity index (χ1n) is 5.76. The molecule has 1 heterocycles. The zero-order valence-corrected chi connectivity index (χ0v) is 10.6. The van der Waals surface area contributed by atoms with Crippen LogP contribution in [0.2, 0.25) is 0 Å². The fourth-order valence-electron chi connectivity index (χ4n) is 1.68. The van der Waals surface area contributed by atoms with E-state index < -0.39 is 6.36 Å². The summed E-state index contributed by atoms with van der Waals surface area (Å²) in [7, 11) is 1.78. The largest absolute Gasteiger partial charge is 0.573 e. The number of rotatable bonds is 4. The molecule has 0 saturated heterocycles. The summed E-state index contributed by atoms with van der Waals surface area (Å²) in [4.78, 5) is 9.82. The second-order valence-electron chi connectivity index (χ2n) is 4.11. The van der Waals surface area contributed by atoms with Crippen molar-refractivity contribution in [2.75, 3.05) is 11.9 Å². The van der Waals surface area contributed by atoms with Gasteiger partial charge < -0.3 is 9.64 Å². The van der Waals surface area contributed by atoms with Crippen LogP contribution in [-0.4, -0.2) is 23.4 Å². The highest BCUT2D eigenvalue weighted by Gasteiger charge is 2.31. The highest BCUT2D eigenvalue weighted by molar-refractivity contribution is 5.37. The van der Waals surface area contributed by atoms with Gasteiger partial charge in [0.05, 0.1) is 6.20 Å². The molecule has 106 valence electrons. The van der Waals surface area contributed by atoms with Crippen LogP contribution in [0.5, 0.6) is 5.75 Å². The van der Waals surface area contributed by atoms with Crippen molar-refractivity contribution in [3.63, 3.8) is 0 Å². The molecule has 2 aromatic rings. The van der Waals surface area contributed by atoms with E-state index in [9.17, 15) is 13.2 Å². The molecule has 0 fully saturated rings. The molecular weight excluding hydrogens is 271 g/mol. The van der Waals surface area contributed by atoms with Crippen molar-refractivity contribution < 1.29 is 17.9 Å². The molecule has 1 aromatic carbocycles. The minimum atomic E-state index is -4.69. The SMILES string of the molecule is CN(Cc1cccc(OC(F)(F)F)c1)c1cnccn1. The first-order chi connectivity index (χ1) is 9.44. The summed E-state index contributed by atoms with van der Waals surface area (Å²) in [5.74, 6) is 0.400. The lowest BCUT2D eigenvalue weighted by Gasteiger charge is -2.18. The van der Waals surface area contributed by atoms with E-state index in [2.05, 4.69) is 14.7 Å². The van der Waals surface area contributed by atoms with E-state index in [4.69, 9.17) is 0 Å². The quantitative estimate of drug-likeness (QED) is 0.864. The van der Waals surface area contributed by atoms with E-state index in [-0.39, 0.29) is 5.75 Å². The second kappa shape index (κ2) is 5.77. The molecule has 0 spiro atoms. The lowest BCUT2D eigenvalue weighted by molar-refractivity contribution is -0.274. The van der Waals surface area contributed by atoms with Crippen molar-refractivity contribution in [3.05, 3.63) is 48.4 Å². The van der Waals surface area contributed by atoms with Gasteiger partial charge in [-0.05, 0) is 17.7 Å². The van der Waals surface area contributed by atoms with Gasteiger partial charge in [-0.15, -0.1) is 13.2 Å². The normalized spacial score (nSPS) is 11.2. The van der Waals surface area contributed by atoms with E-state index >= 15 is 0 Å². The van der Waals surface area contributed by atoms with Crippen LogP contribution in [0.4, 0.5) is 19.0 Å². The van der Waals surface area contributed by atoms with Gasteiger partial charge in [0, 0.05) is 26.0 Å². The molecule has 1 aromatic heterocycles. The number of halogens is 3. The van der Waals surface area contributed by atoms with Crippen LogP contribution in [-0.2, 0) is 6.54 Å². The first-order valence-corrected chi connectivity index (χ1v) is 5.76. The first kappa shape index (κ1) is 14.1. The molecule has 7 heteroatoms. The Balaban J connectivity index is 2.08. The van der Waals surface area contributed by atoms with E-state index in [0.717, 1.165) is 0 Å². The van der Waals surface area contributed by atoms with Crippen molar-refractivity contribution in [2.24, 2.45) is 0 Å². The van der Waals surface area contributed by atoms with Crippen LogP contribution >= 0.6 is 0 Å². The van der Waals surface area contributed by atoms with Gasteiger partial charge in [-0.25, -0.2) is 4.98 Å². The number of hydrogen-bond donors (Lipinski definition) is 0. The monoisotopic (exact) mass is 283 g/mol. The Morgan fingerprint density at radius 2 is 2.05 bits per heavy atom. The summed E-state index contributed by atoms with van der Waals surface area (Å²) in [5.41, 5.74) is 0.680. The van der Waals surface area contributed by atoms with Gasteiger partial charge >= 0.3 is 6.36 Å². The number of nitrogens with zero attached hydrogens (tertiary/aromatic N) is 3.